The molecule has 3 heteroatoms. The van der Waals surface area contributed by atoms with E-state index in [2.05, 4.69) is 0 Å². The van der Waals surface area contributed by atoms with Gasteiger partial charge in [0.1, 0.15) is 0 Å². The third kappa shape index (κ3) is 2.10. The molecule has 0 amide bonds. The fourth-order valence-corrected chi connectivity index (χ4v) is 2.39. The highest BCUT2D eigenvalue weighted by Gasteiger charge is 2.65. The summed E-state index contributed by atoms with van der Waals surface area (Å²) in [7, 11) is 0. The Balaban J connectivity index is 5.76. The van der Waals surface area contributed by atoms with E-state index in [0.29, 0.717) is 12.8 Å². The van der Waals surface area contributed by atoms with Gasteiger partial charge in [0.05, 0.1) is 5.41 Å². The number of hydrogen-bond donors (Lipinski definition) is 0. The van der Waals surface area contributed by atoms with Crippen LogP contribution in [0.15, 0.2) is 0 Å². The fourth-order valence-electron chi connectivity index (χ4n) is 2.39. The third-order valence-corrected chi connectivity index (χ3v) is 5.04. The number of rotatable bonds is 4. The minimum absolute atomic E-state index is 0.520. The van der Waals surface area contributed by atoms with Gasteiger partial charge in [-0.15, -0.1) is 0 Å². The van der Waals surface area contributed by atoms with Gasteiger partial charge in [0.15, 0.2) is 0 Å². The molecule has 0 heterocycles. The lowest BCUT2D eigenvalue weighted by molar-refractivity contribution is -0.294. The molecule has 0 nitrogen and oxygen atoms in total. The van der Waals surface area contributed by atoms with Crippen LogP contribution in [-0.4, -0.2) is 6.18 Å². The van der Waals surface area contributed by atoms with Crippen molar-refractivity contribution in [3.63, 3.8) is 0 Å². The first kappa shape index (κ1) is 15.8. The maximum absolute atomic E-state index is 13.5. The van der Waals surface area contributed by atoms with E-state index in [0.717, 1.165) is 0 Å². The molecule has 0 aromatic rings. The van der Waals surface area contributed by atoms with Crippen LogP contribution in [0.5, 0.6) is 0 Å². The van der Waals surface area contributed by atoms with Crippen LogP contribution in [-0.2, 0) is 0 Å². The highest BCUT2D eigenvalue weighted by atomic mass is 19.4. The molecular weight excluding hydrogens is 213 g/mol. The van der Waals surface area contributed by atoms with Crippen molar-refractivity contribution in [3.8, 4) is 0 Å². The van der Waals surface area contributed by atoms with E-state index >= 15 is 0 Å². The molecule has 0 radical (unpaired) electrons. The second-order valence-electron chi connectivity index (χ2n) is 6.10. The molecular formula is C13H25F3. The lowest BCUT2D eigenvalue weighted by Gasteiger charge is -2.54. The number of alkyl halides is 3. The van der Waals surface area contributed by atoms with E-state index in [1.165, 1.54) is 6.92 Å². The molecule has 0 bridgehead atoms. The Morgan fingerprint density at radius 3 is 1.06 bits per heavy atom. The Kier molecular flexibility index (Phi) is 4.17. The van der Waals surface area contributed by atoms with E-state index in [1.807, 2.05) is 13.8 Å². The summed E-state index contributed by atoms with van der Waals surface area (Å²) in [5.74, 6) is 0. The summed E-state index contributed by atoms with van der Waals surface area (Å²) in [6, 6.07) is 0. The highest BCUT2D eigenvalue weighted by Crippen LogP contribution is 2.62. The molecule has 16 heavy (non-hydrogen) atoms. The second kappa shape index (κ2) is 4.23. The van der Waals surface area contributed by atoms with E-state index < -0.39 is 22.4 Å². The van der Waals surface area contributed by atoms with E-state index in [4.69, 9.17) is 0 Å². The summed E-state index contributed by atoms with van der Waals surface area (Å²) >= 11 is 0. The van der Waals surface area contributed by atoms with Gasteiger partial charge in [-0.25, -0.2) is 0 Å². The molecule has 0 aliphatic carbocycles. The van der Waals surface area contributed by atoms with Gasteiger partial charge in [0, 0.05) is 0 Å². The molecule has 0 unspecified atom stereocenters. The van der Waals surface area contributed by atoms with Crippen molar-refractivity contribution in [2.24, 2.45) is 16.2 Å². The molecule has 0 saturated carbocycles. The van der Waals surface area contributed by atoms with Crippen molar-refractivity contribution in [3.05, 3.63) is 0 Å². The SMILES string of the molecule is CCC(C)(C)C(C)(C(F)(F)F)C(C)(C)CC. The zero-order chi connectivity index (χ0) is 13.4. The molecule has 0 saturated heterocycles. The van der Waals surface area contributed by atoms with Gasteiger partial charge in [-0.2, -0.15) is 13.2 Å². The Bertz CT molecular complexity index is 220. The maximum Gasteiger partial charge on any atom is 0.395 e. The summed E-state index contributed by atoms with van der Waals surface area (Å²) in [5, 5.41) is 0. The monoisotopic (exact) mass is 238 g/mol. The molecule has 0 rings (SSSR count). The summed E-state index contributed by atoms with van der Waals surface area (Å²) in [6.45, 7) is 11.9. The lowest BCUT2D eigenvalue weighted by Crippen LogP contribution is -2.55. The van der Waals surface area contributed by atoms with Gasteiger partial charge < -0.3 is 0 Å². The minimum Gasteiger partial charge on any atom is -0.170 e. The molecule has 98 valence electrons. The highest BCUT2D eigenvalue weighted by molar-refractivity contribution is 5.02. The van der Waals surface area contributed by atoms with Crippen LogP contribution in [0.25, 0.3) is 0 Å². The fraction of sp³-hybridized carbons (Fsp3) is 1.00. The summed E-state index contributed by atoms with van der Waals surface area (Å²) in [5.41, 5.74) is -3.19. The predicted molar refractivity (Wildman–Crippen MR) is 62.3 cm³/mol. The number of hydrogen-bond acceptors (Lipinski definition) is 0. The lowest BCUT2D eigenvalue weighted by atomic mass is 9.51. The van der Waals surface area contributed by atoms with Gasteiger partial charge in [-0.05, 0) is 17.8 Å². The molecule has 0 atom stereocenters. The summed E-state index contributed by atoms with van der Waals surface area (Å²) < 4.78 is 40.4. The minimum atomic E-state index is -4.17. The molecule has 0 spiro atoms. The van der Waals surface area contributed by atoms with Crippen LogP contribution >= 0.6 is 0 Å². The molecule has 0 fully saturated rings. The van der Waals surface area contributed by atoms with Gasteiger partial charge >= 0.3 is 6.18 Å². The molecule has 0 N–H and O–H groups in total. The summed E-state index contributed by atoms with van der Waals surface area (Å²) in [4.78, 5) is 0. The average molecular weight is 238 g/mol. The van der Waals surface area contributed by atoms with Gasteiger partial charge in [-0.3, -0.25) is 0 Å². The first-order chi connectivity index (χ1) is 6.87. The smallest absolute Gasteiger partial charge is 0.170 e. The van der Waals surface area contributed by atoms with Gasteiger partial charge in [-0.1, -0.05) is 54.4 Å². The van der Waals surface area contributed by atoms with Crippen molar-refractivity contribution >= 4 is 0 Å². The Morgan fingerprint density at radius 1 is 0.688 bits per heavy atom. The standard InChI is InChI=1S/C13H25F3/c1-8-10(3,4)12(7,13(14,15)16)11(5,6)9-2/h8-9H2,1-7H3. The Morgan fingerprint density at radius 2 is 0.938 bits per heavy atom. The molecule has 0 aromatic carbocycles. The van der Waals surface area contributed by atoms with Crippen molar-refractivity contribution in [1.29, 1.82) is 0 Å². The van der Waals surface area contributed by atoms with Crippen LogP contribution in [0.1, 0.15) is 61.3 Å². The molecule has 0 aromatic heterocycles. The first-order valence-electron chi connectivity index (χ1n) is 5.94. The van der Waals surface area contributed by atoms with Crippen LogP contribution in [0.3, 0.4) is 0 Å². The van der Waals surface area contributed by atoms with Crippen molar-refractivity contribution < 1.29 is 13.2 Å². The Labute approximate surface area is 97.6 Å². The Hall–Kier alpha value is -0.210. The van der Waals surface area contributed by atoms with Crippen molar-refractivity contribution in [1.82, 2.24) is 0 Å². The molecule has 0 aliphatic rings. The zero-order valence-corrected chi connectivity index (χ0v) is 11.5. The second-order valence-corrected chi connectivity index (χ2v) is 6.10. The van der Waals surface area contributed by atoms with Crippen molar-refractivity contribution in [2.45, 2.75) is 67.5 Å². The normalized spacial score (nSPS) is 15.4. The topological polar surface area (TPSA) is 0 Å². The van der Waals surface area contributed by atoms with Crippen molar-refractivity contribution in [2.75, 3.05) is 0 Å². The van der Waals surface area contributed by atoms with Gasteiger partial charge in [0.2, 0.25) is 0 Å². The number of halogens is 3. The van der Waals surface area contributed by atoms with E-state index in [9.17, 15) is 13.2 Å². The largest absolute Gasteiger partial charge is 0.395 e. The van der Waals surface area contributed by atoms with Crippen LogP contribution < -0.4 is 0 Å². The average Bonchev–Trinajstić information content (AvgIpc) is 2.14. The zero-order valence-electron chi connectivity index (χ0n) is 11.5. The van der Waals surface area contributed by atoms with E-state index in [-0.39, 0.29) is 0 Å². The maximum atomic E-state index is 13.5. The first-order valence-corrected chi connectivity index (χ1v) is 5.94. The third-order valence-electron chi connectivity index (χ3n) is 5.04. The van der Waals surface area contributed by atoms with Crippen LogP contribution in [0.2, 0.25) is 0 Å². The van der Waals surface area contributed by atoms with Crippen LogP contribution in [0, 0.1) is 16.2 Å². The summed E-state index contributed by atoms with van der Waals surface area (Å²) in [6.07, 6.45) is -3.13. The quantitative estimate of drug-likeness (QED) is 0.612. The van der Waals surface area contributed by atoms with Gasteiger partial charge in [0.25, 0.3) is 0 Å². The van der Waals surface area contributed by atoms with Crippen LogP contribution in [0.4, 0.5) is 13.2 Å². The van der Waals surface area contributed by atoms with E-state index in [1.54, 1.807) is 27.7 Å². The predicted octanol–water partition coefficient (Wildman–Crippen LogP) is 5.43. The molecule has 0 aliphatic heterocycles.